The van der Waals surface area contributed by atoms with E-state index in [1.807, 2.05) is 13.8 Å². The minimum absolute atomic E-state index is 0.268. The van der Waals surface area contributed by atoms with Gasteiger partial charge in [-0.25, -0.2) is 4.39 Å². The summed E-state index contributed by atoms with van der Waals surface area (Å²) in [4.78, 5) is 11.3. The van der Waals surface area contributed by atoms with Crippen LogP contribution in [0.1, 0.15) is 43.0 Å². The molecule has 1 atom stereocenters. The molecule has 0 aliphatic carbocycles. The van der Waals surface area contributed by atoms with Crippen LogP contribution < -0.4 is 11.5 Å². The summed E-state index contributed by atoms with van der Waals surface area (Å²) in [6.45, 7) is 7.18. The fraction of sp³-hybridized carbons (Fsp3) is 0.500. The lowest BCUT2D eigenvalue weighted by atomic mass is 9.81. The molecule has 0 radical (unpaired) electrons. The van der Waals surface area contributed by atoms with Crippen LogP contribution in [0.4, 0.5) is 4.39 Å². The van der Waals surface area contributed by atoms with Gasteiger partial charge in [0.25, 0.3) is 0 Å². The summed E-state index contributed by atoms with van der Waals surface area (Å²) in [6.07, 6.45) is 0.440. The van der Waals surface area contributed by atoms with Gasteiger partial charge in [0.05, 0.1) is 0 Å². The predicted molar refractivity (Wildman–Crippen MR) is 70.4 cm³/mol. The van der Waals surface area contributed by atoms with Gasteiger partial charge in [-0.15, -0.1) is 0 Å². The van der Waals surface area contributed by atoms with Gasteiger partial charge < -0.3 is 11.5 Å². The number of primary amides is 1. The quantitative estimate of drug-likeness (QED) is 0.863. The molecule has 0 fully saturated rings. The number of carbonyl (C=O) groups excluding carboxylic acids is 1. The Morgan fingerprint density at radius 2 is 1.78 bits per heavy atom. The number of rotatable bonds is 4. The Hall–Kier alpha value is -1.42. The highest BCUT2D eigenvalue weighted by Crippen LogP contribution is 2.31. The highest BCUT2D eigenvalue weighted by molar-refractivity contribution is 5.80. The first-order chi connectivity index (χ1) is 8.15. The van der Waals surface area contributed by atoms with Crippen molar-refractivity contribution in [1.29, 1.82) is 0 Å². The molecule has 4 heteroatoms. The third-order valence-electron chi connectivity index (χ3n) is 3.33. The Kier molecular flexibility index (Phi) is 4.12. The maximum atomic E-state index is 13.2. The Labute approximate surface area is 107 Å². The first kappa shape index (κ1) is 14.6. The average molecular weight is 252 g/mol. The molecular formula is C14H21FN2O. The highest BCUT2D eigenvalue weighted by atomic mass is 19.1. The zero-order valence-corrected chi connectivity index (χ0v) is 11.4. The molecule has 0 spiro atoms. The summed E-state index contributed by atoms with van der Waals surface area (Å²) in [5.74, 6) is -0.648. The van der Waals surface area contributed by atoms with E-state index in [0.717, 1.165) is 16.7 Å². The standard InChI is InChI=1S/C14H21FN2O/c1-8-5-10(15)6-9(2)12(8)11(16)7-14(3,4)13(17)18/h5-6,11H,7,16H2,1-4H3,(H2,17,18). The van der Waals surface area contributed by atoms with E-state index in [-0.39, 0.29) is 17.8 Å². The van der Waals surface area contributed by atoms with Crippen LogP contribution in [0.2, 0.25) is 0 Å². The monoisotopic (exact) mass is 252 g/mol. The first-order valence-electron chi connectivity index (χ1n) is 5.97. The van der Waals surface area contributed by atoms with Gasteiger partial charge in [0.2, 0.25) is 5.91 Å². The molecule has 1 aromatic carbocycles. The van der Waals surface area contributed by atoms with Crippen LogP contribution in [0, 0.1) is 25.1 Å². The molecule has 1 rings (SSSR count). The minimum atomic E-state index is -0.674. The van der Waals surface area contributed by atoms with E-state index < -0.39 is 5.41 Å². The summed E-state index contributed by atoms with van der Waals surface area (Å²) in [6, 6.07) is 2.59. The maximum Gasteiger partial charge on any atom is 0.223 e. The molecular weight excluding hydrogens is 231 g/mol. The molecule has 0 aliphatic heterocycles. The van der Waals surface area contributed by atoms with Gasteiger partial charge in [-0.2, -0.15) is 0 Å². The number of carbonyl (C=O) groups is 1. The van der Waals surface area contributed by atoms with E-state index in [1.165, 1.54) is 12.1 Å². The minimum Gasteiger partial charge on any atom is -0.369 e. The van der Waals surface area contributed by atoms with Gasteiger partial charge in [-0.1, -0.05) is 13.8 Å². The van der Waals surface area contributed by atoms with Crippen LogP contribution >= 0.6 is 0 Å². The van der Waals surface area contributed by atoms with E-state index in [4.69, 9.17) is 11.5 Å². The molecule has 0 saturated heterocycles. The van der Waals surface area contributed by atoms with Gasteiger partial charge in [0.1, 0.15) is 5.82 Å². The molecule has 4 N–H and O–H groups in total. The molecule has 0 aliphatic rings. The van der Waals surface area contributed by atoms with Crippen molar-refractivity contribution >= 4 is 5.91 Å². The number of amides is 1. The Balaban J connectivity index is 3.05. The van der Waals surface area contributed by atoms with E-state index in [1.54, 1.807) is 13.8 Å². The van der Waals surface area contributed by atoms with Crippen LogP contribution in [0.5, 0.6) is 0 Å². The van der Waals surface area contributed by atoms with Crippen molar-refractivity contribution in [3.63, 3.8) is 0 Å². The van der Waals surface area contributed by atoms with E-state index >= 15 is 0 Å². The lowest BCUT2D eigenvalue weighted by Gasteiger charge is -2.26. The van der Waals surface area contributed by atoms with E-state index in [0.29, 0.717) is 6.42 Å². The lowest BCUT2D eigenvalue weighted by Crippen LogP contribution is -2.35. The molecule has 0 aromatic heterocycles. The zero-order valence-electron chi connectivity index (χ0n) is 11.4. The average Bonchev–Trinajstić information content (AvgIpc) is 2.13. The van der Waals surface area contributed by atoms with Gasteiger partial charge in [-0.05, 0) is 49.1 Å². The highest BCUT2D eigenvalue weighted by Gasteiger charge is 2.29. The smallest absolute Gasteiger partial charge is 0.223 e. The molecule has 18 heavy (non-hydrogen) atoms. The second kappa shape index (κ2) is 5.06. The Morgan fingerprint density at radius 3 is 2.17 bits per heavy atom. The number of nitrogens with two attached hydrogens (primary N) is 2. The van der Waals surface area contributed by atoms with Crippen LogP contribution in [-0.2, 0) is 4.79 Å². The first-order valence-corrected chi connectivity index (χ1v) is 5.97. The number of hydrogen-bond donors (Lipinski definition) is 2. The fourth-order valence-electron chi connectivity index (χ4n) is 2.26. The van der Waals surface area contributed by atoms with Crippen molar-refractivity contribution in [2.75, 3.05) is 0 Å². The van der Waals surface area contributed by atoms with Crippen LogP contribution in [-0.4, -0.2) is 5.91 Å². The maximum absolute atomic E-state index is 13.2. The van der Waals surface area contributed by atoms with Gasteiger partial charge in [0.15, 0.2) is 0 Å². The van der Waals surface area contributed by atoms with Crippen LogP contribution in [0.3, 0.4) is 0 Å². The van der Waals surface area contributed by atoms with Crippen molar-refractivity contribution in [3.8, 4) is 0 Å². The molecule has 0 bridgehead atoms. The second-order valence-electron chi connectivity index (χ2n) is 5.51. The summed E-state index contributed by atoms with van der Waals surface area (Å²) in [7, 11) is 0. The predicted octanol–water partition coefficient (Wildman–Crippen LogP) is 2.34. The Morgan fingerprint density at radius 1 is 1.33 bits per heavy atom. The van der Waals surface area contributed by atoms with Crippen molar-refractivity contribution in [1.82, 2.24) is 0 Å². The molecule has 100 valence electrons. The summed E-state index contributed by atoms with van der Waals surface area (Å²) in [5.41, 5.74) is 13.3. The van der Waals surface area contributed by atoms with E-state index in [2.05, 4.69) is 0 Å². The number of halogens is 1. The van der Waals surface area contributed by atoms with Gasteiger partial charge in [-0.3, -0.25) is 4.79 Å². The Bertz CT molecular complexity index is 446. The number of aryl methyl sites for hydroxylation is 2. The molecule has 0 saturated carbocycles. The number of benzene rings is 1. The van der Waals surface area contributed by atoms with Crippen molar-refractivity contribution in [2.45, 2.75) is 40.2 Å². The van der Waals surface area contributed by atoms with Crippen LogP contribution in [0.15, 0.2) is 12.1 Å². The molecule has 1 amide bonds. The summed E-state index contributed by atoms with van der Waals surface area (Å²) in [5, 5.41) is 0. The summed E-state index contributed by atoms with van der Waals surface area (Å²) >= 11 is 0. The lowest BCUT2D eigenvalue weighted by molar-refractivity contribution is -0.126. The zero-order chi connectivity index (χ0) is 14.1. The summed E-state index contributed by atoms with van der Waals surface area (Å²) < 4.78 is 13.2. The normalized spacial score (nSPS) is 13.4. The molecule has 1 unspecified atom stereocenters. The largest absolute Gasteiger partial charge is 0.369 e. The van der Waals surface area contributed by atoms with E-state index in [9.17, 15) is 9.18 Å². The molecule has 1 aromatic rings. The van der Waals surface area contributed by atoms with Crippen LogP contribution in [0.25, 0.3) is 0 Å². The van der Waals surface area contributed by atoms with Crippen molar-refractivity contribution < 1.29 is 9.18 Å². The molecule has 3 nitrogen and oxygen atoms in total. The SMILES string of the molecule is Cc1cc(F)cc(C)c1C(N)CC(C)(C)C(N)=O. The fourth-order valence-corrected chi connectivity index (χ4v) is 2.26. The topological polar surface area (TPSA) is 69.1 Å². The molecule has 0 heterocycles. The van der Waals surface area contributed by atoms with Crippen molar-refractivity contribution in [3.05, 3.63) is 34.6 Å². The van der Waals surface area contributed by atoms with Crippen molar-refractivity contribution in [2.24, 2.45) is 16.9 Å². The third-order valence-corrected chi connectivity index (χ3v) is 3.33. The second-order valence-corrected chi connectivity index (χ2v) is 5.51. The number of hydrogen-bond acceptors (Lipinski definition) is 2. The van der Waals surface area contributed by atoms with Gasteiger partial charge >= 0.3 is 0 Å². The van der Waals surface area contributed by atoms with Gasteiger partial charge in [0, 0.05) is 11.5 Å². The third kappa shape index (κ3) is 3.07.